The average Bonchev–Trinajstić information content (AvgIpc) is 2.36. The van der Waals surface area contributed by atoms with Gasteiger partial charge >= 0.3 is 0 Å². The molecule has 0 atom stereocenters. The second-order valence-electron chi connectivity index (χ2n) is 4.87. The first kappa shape index (κ1) is 14.0. The van der Waals surface area contributed by atoms with Crippen molar-refractivity contribution in [3.8, 4) is 0 Å². The first-order valence-corrected chi connectivity index (χ1v) is 6.77. The molecule has 19 heavy (non-hydrogen) atoms. The Morgan fingerprint density at radius 2 is 2.05 bits per heavy atom. The molecule has 2 rings (SSSR count). The minimum absolute atomic E-state index is 0.148. The lowest BCUT2D eigenvalue weighted by Gasteiger charge is -2.35. The number of nitrogens with one attached hydrogen (secondary N) is 1. The van der Waals surface area contributed by atoms with Crippen molar-refractivity contribution in [1.82, 2.24) is 5.32 Å². The number of hydrogen-bond donors (Lipinski definition) is 1. The summed E-state index contributed by atoms with van der Waals surface area (Å²) < 4.78 is 5.50. The number of nitro benzene ring substituents is 1. The van der Waals surface area contributed by atoms with Crippen LogP contribution in [-0.2, 0) is 11.2 Å². The molecule has 0 aromatic heterocycles. The van der Waals surface area contributed by atoms with Crippen LogP contribution in [0.2, 0.25) is 0 Å². The maximum absolute atomic E-state index is 10.5. The Bertz CT molecular complexity index is 413. The van der Waals surface area contributed by atoms with Crippen molar-refractivity contribution in [3.63, 3.8) is 0 Å². The van der Waals surface area contributed by atoms with E-state index in [9.17, 15) is 10.1 Å². The van der Waals surface area contributed by atoms with E-state index in [0.29, 0.717) is 12.1 Å². The topological polar surface area (TPSA) is 64.4 Å². The molecule has 1 aromatic rings. The van der Waals surface area contributed by atoms with E-state index in [0.717, 1.165) is 38.0 Å². The van der Waals surface area contributed by atoms with Gasteiger partial charge < -0.3 is 10.1 Å². The first-order valence-electron chi connectivity index (χ1n) is 6.77. The van der Waals surface area contributed by atoms with Crippen LogP contribution in [0.4, 0.5) is 5.69 Å². The number of non-ortho nitro benzene ring substituents is 1. The number of benzene rings is 1. The maximum atomic E-state index is 10.5. The van der Waals surface area contributed by atoms with Gasteiger partial charge in [-0.3, -0.25) is 10.1 Å². The third-order valence-electron chi connectivity index (χ3n) is 3.49. The summed E-state index contributed by atoms with van der Waals surface area (Å²) in [6.45, 7) is 3.72. The third kappa shape index (κ3) is 4.01. The maximum Gasteiger partial charge on any atom is 0.269 e. The lowest BCUT2D eigenvalue weighted by Crippen LogP contribution is -2.46. The molecule has 0 aliphatic heterocycles. The van der Waals surface area contributed by atoms with Gasteiger partial charge in [0.1, 0.15) is 0 Å². The van der Waals surface area contributed by atoms with Crippen LogP contribution in [0.25, 0.3) is 0 Å². The number of rotatable bonds is 7. The first-order chi connectivity index (χ1) is 9.19. The van der Waals surface area contributed by atoms with E-state index in [1.165, 1.54) is 0 Å². The van der Waals surface area contributed by atoms with Crippen molar-refractivity contribution < 1.29 is 9.66 Å². The van der Waals surface area contributed by atoms with E-state index in [2.05, 4.69) is 5.32 Å². The van der Waals surface area contributed by atoms with Gasteiger partial charge in [0.25, 0.3) is 5.69 Å². The summed E-state index contributed by atoms with van der Waals surface area (Å²) in [5.74, 6) is 0. The number of ether oxygens (including phenoxy) is 1. The molecule has 0 bridgehead atoms. The van der Waals surface area contributed by atoms with Crippen molar-refractivity contribution in [1.29, 1.82) is 0 Å². The second-order valence-corrected chi connectivity index (χ2v) is 4.87. The molecule has 104 valence electrons. The molecule has 1 saturated carbocycles. The highest BCUT2D eigenvalue weighted by molar-refractivity contribution is 5.32. The van der Waals surface area contributed by atoms with Crippen molar-refractivity contribution in [2.75, 3.05) is 13.2 Å². The van der Waals surface area contributed by atoms with Crippen LogP contribution in [0.3, 0.4) is 0 Å². The molecule has 1 N–H and O–H groups in total. The van der Waals surface area contributed by atoms with E-state index in [-0.39, 0.29) is 10.6 Å². The molecule has 5 nitrogen and oxygen atoms in total. The summed E-state index contributed by atoms with van der Waals surface area (Å²) in [6.07, 6.45) is 3.51. The van der Waals surface area contributed by atoms with Crippen LogP contribution < -0.4 is 5.32 Å². The predicted octanol–water partition coefficient (Wildman–Crippen LogP) is 2.29. The Labute approximate surface area is 113 Å². The van der Waals surface area contributed by atoms with Gasteiger partial charge in [-0.05, 0) is 38.3 Å². The molecule has 1 fully saturated rings. The summed E-state index contributed by atoms with van der Waals surface area (Å²) in [7, 11) is 0. The monoisotopic (exact) mass is 264 g/mol. The highest BCUT2D eigenvalue weighted by Crippen LogP contribution is 2.23. The zero-order valence-corrected chi connectivity index (χ0v) is 11.2. The molecule has 0 radical (unpaired) electrons. The molecular formula is C14H20N2O3. The lowest BCUT2D eigenvalue weighted by molar-refractivity contribution is -0.384. The largest absolute Gasteiger partial charge is 0.378 e. The zero-order chi connectivity index (χ0) is 13.7. The van der Waals surface area contributed by atoms with Crippen molar-refractivity contribution in [3.05, 3.63) is 39.9 Å². The van der Waals surface area contributed by atoms with Crippen molar-refractivity contribution >= 4 is 5.69 Å². The Hall–Kier alpha value is -1.46. The number of nitrogens with zero attached hydrogens (tertiary/aromatic N) is 1. The summed E-state index contributed by atoms with van der Waals surface area (Å²) >= 11 is 0. The Morgan fingerprint density at radius 3 is 2.63 bits per heavy atom. The normalized spacial score (nSPS) is 21.9. The van der Waals surface area contributed by atoms with E-state index in [1.54, 1.807) is 12.1 Å². The number of hydrogen-bond acceptors (Lipinski definition) is 4. The molecule has 0 unspecified atom stereocenters. The van der Waals surface area contributed by atoms with Gasteiger partial charge in [-0.2, -0.15) is 0 Å². The SMILES string of the molecule is CCOC1CC(NCCc2ccc([N+](=O)[O-])cc2)C1. The van der Waals surface area contributed by atoms with E-state index in [1.807, 2.05) is 19.1 Å². The minimum Gasteiger partial charge on any atom is -0.378 e. The highest BCUT2D eigenvalue weighted by Gasteiger charge is 2.28. The molecule has 0 amide bonds. The van der Waals surface area contributed by atoms with Crippen LogP contribution in [-0.4, -0.2) is 30.2 Å². The van der Waals surface area contributed by atoms with Gasteiger partial charge in [0.15, 0.2) is 0 Å². The fraction of sp³-hybridized carbons (Fsp3) is 0.571. The average molecular weight is 264 g/mol. The van der Waals surface area contributed by atoms with Gasteiger partial charge in [0, 0.05) is 24.8 Å². The van der Waals surface area contributed by atoms with Crippen molar-refractivity contribution in [2.45, 2.75) is 38.3 Å². The fourth-order valence-corrected chi connectivity index (χ4v) is 2.31. The smallest absolute Gasteiger partial charge is 0.269 e. The van der Waals surface area contributed by atoms with Crippen LogP contribution in [0.5, 0.6) is 0 Å². The van der Waals surface area contributed by atoms with Crippen LogP contribution >= 0.6 is 0 Å². The van der Waals surface area contributed by atoms with Crippen molar-refractivity contribution in [2.24, 2.45) is 0 Å². The fourth-order valence-electron chi connectivity index (χ4n) is 2.31. The van der Waals surface area contributed by atoms with Gasteiger partial charge in [-0.15, -0.1) is 0 Å². The van der Waals surface area contributed by atoms with Crippen LogP contribution in [0.15, 0.2) is 24.3 Å². The Kier molecular flexibility index (Phi) is 4.87. The predicted molar refractivity (Wildman–Crippen MR) is 73.2 cm³/mol. The molecule has 1 aliphatic carbocycles. The highest BCUT2D eigenvalue weighted by atomic mass is 16.6. The summed E-state index contributed by atoms with van der Waals surface area (Å²) in [5.41, 5.74) is 1.27. The van der Waals surface area contributed by atoms with Gasteiger partial charge in [-0.1, -0.05) is 12.1 Å². The molecule has 5 heteroatoms. The Morgan fingerprint density at radius 1 is 1.37 bits per heavy atom. The summed E-state index contributed by atoms with van der Waals surface area (Å²) in [4.78, 5) is 10.2. The van der Waals surface area contributed by atoms with Gasteiger partial charge in [0.2, 0.25) is 0 Å². The van der Waals surface area contributed by atoms with Gasteiger partial charge in [-0.25, -0.2) is 0 Å². The molecule has 1 aliphatic rings. The van der Waals surface area contributed by atoms with E-state index in [4.69, 9.17) is 4.74 Å². The standard InChI is InChI=1S/C14H20N2O3/c1-2-19-14-9-12(10-14)15-8-7-11-3-5-13(6-4-11)16(17)18/h3-6,12,14-15H,2,7-10H2,1H3. The molecule has 0 saturated heterocycles. The van der Waals surface area contributed by atoms with Crippen LogP contribution in [0, 0.1) is 10.1 Å². The Balaban J connectivity index is 1.65. The molecule has 0 spiro atoms. The second kappa shape index (κ2) is 6.63. The lowest BCUT2D eigenvalue weighted by atomic mass is 9.89. The quantitative estimate of drug-likeness (QED) is 0.606. The molecule has 0 heterocycles. The summed E-state index contributed by atoms with van der Waals surface area (Å²) in [6, 6.07) is 7.33. The third-order valence-corrected chi connectivity index (χ3v) is 3.49. The van der Waals surface area contributed by atoms with E-state index >= 15 is 0 Å². The van der Waals surface area contributed by atoms with Crippen LogP contribution in [0.1, 0.15) is 25.3 Å². The minimum atomic E-state index is -0.371. The zero-order valence-electron chi connectivity index (χ0n) is 11.2. The van der Waals surface area contributed by atoms with E-state index < -0.39 is 0 Å². The van der Waals surface area contributed by atoms with Gasteiger partial charge in [0.05, 0.1) is 11.0 Å². The number of nitro groups is 1. The molecule has 1 aromatic carbocycles. The summed E-state index contributed by atoms with van der Waals surface area (Å²) in [5, 5.41) is 14.0. The molecular weight excluding hydrogens is 244 g/mol.